The van der Waals surface area contributed by atoms with Crippen molar-refractivity contribution >= 4 is 0 Å². The van der Waals surface area contributed by atoms with Crippen LogP contribution in [-0.4, -0.2) is 13.1 Å². The van der Waals surface area contributed by atoms with Gasteiger partial charge in [-0.25, -0.2) is 0 Å². The summed E-state index contributed by atoms with van der Waals surface area (Å²) in [6, 6.07) is 0.220. The van der Waals surface area contributed by atoms with Gasteiger partial charge < -0.3 is 11.1 Å². The minimum atomic E-state index is 0.220. The van der Waals surface area contributed by atoms with Gasteiger partial charge in [-0.1, -0.05) is 38.5 Å². The van der Waals surface area contributed by atoms with Crippen molar-refractivity contribution in [1.82, 2.24) is 5.32 Å². The summed E-state index contributed by atoms with van der Waals surface area (Å²) < 4.78 is 0. The van der Waals surface area contributed by atoms with Crippen molar-refractivity contribution < 1.29 is 0 Å². The first-order valence-corrected chi connectivity index (χ1v) is 5.48. The van der Waals surface area contributed by atoms with E-state index in [0.29, 0.717) is 5.70 Å². The third-order valence-corrected chi connectivity index (χ3v) is 2.31. The molecule has 0 aliphatic rings. The first-order chi connectivity index (χ1) is 6.72. The fourth-order valence-electron chi connectivity index (χ4n) is 1.32. The quantitative estimate of drug-likeness (QED) is 0.462. The normalized spacial score (nSPS) is 13.3. The largest absolute Gasteiger partial charge is 0.401 e. The van der Waals surface area contributed by atoms with Gasteiger partial charge in [-0.05, 0) is 26.3 Å². The number of likely N-dealkylation sites (N-methyl/N-ethyl adjacent to an activating group) is 1. The number of hydrogen-bond donors (Lipinski definition) is 2. The van der Waals surface area contributed by atoms with Crippen LogP contribution in [0.25, 0.3) is 0 Å². The molecular formula is C12H24N2. The number of nitrogens with one attached hydrogen (secondary N) is 1. The van der Waals surface area contributed by atoms with Crippen LogP contribution in [-0.2, 0) is 0 Å². The van der Waals surface area contributed by atoms with E-state index < -0.39 is 0 Å². The van der Waals surface area contributed by atoms with E-state index in [9.17, 15) is 0 Å². The van der Waals surface area contributed by atoms with Gasteiger partial charge in [-0.15, -0.1) is 0 Å². The average molecular weight is 196 g/mol. The van der Waals surface area contributed by atoms with Crippen molar-refractivity contribution in [1.29, 1.82) is 0 Å². The van der Waals surface area contributed by atoms with Gasteiger partial charge in [0.2, 0.25) is 0 Å². The molecule has 0 radical (unpaired) electrons. The summed E-state index contributed by atoms with van der Waals surface area (Å²) in [7, 11) is 1.91. The van der Waals surface area contributed by atoms with Crippen molar-refractivity contribution in [2.45, 2.75) is 45.1 Å². The van der Waals surface area contributed by atoms with Crippen LogP contribution in [0.5, 0.6) is 0 Å². The molecule has 0 amide bonds. The maximum Gasteiger partial charge on any atom is 0.0493 e. The number of nitrogens with two attached hydrogens (primary N) is 1. The minimum Gasteiger partial charge on any atom is -0.401 e. The van der Waals surface area contributed by atoms with Crippen LogP contribution < -0.4 is 11.1 Å². The van der Waals surface area contributed by atoms with Gasteiger partial charge in [-0.3, -0.25) is 0 Å². The lowest BCUT2D eigenvalue weighted by atomic mass is 10.1. The maximum atomic E-state index is 5.62. The molecule has 0 saturated heterocycles. The van der Waals surface area contributed by atoms with Crippen molar-refractivity contribution in [3.63, 3.8) is 0 Å². The predicted molar refractivity (Wildman–Crippen MR) is 64.1 cm³/mol. The van der Waals surface area contributed by atoms with E-state index in [1.807, 2.05) is 7.05 Å². The van der Waals surface area contributed by atoms with E-state index in [-0.39, 0.29) is 6.04 Å². The summed E-state index contributed by atoms with van der Waals surface area (Å²) in [6.07, 6.45) is 10.5. The highest BCUT2D eigenvalue weighted by Crippen LogP contribution is 2.03. The SMILES string of the molecule is C=C(N)C(C/C=C\CCCCC)NC. The molecule has 0 heterocycles. The third kappa shape index (κ3) is 6.72. The van der Waals surface area contributed by atoms with Crippen molar-refractivity contribution in [3.05, 3.63) is 24.4 Å². The van der Waals surface area contributed by atoms with Crippen LogP contribution in [0.4, 0.5) is 0 Å². The zero-order valence-corrected chi connectivity index (χ0v) is 9.55. The topological polar surface area (TPSA) is 38.0 Å². The monoisotopic (exact) mass is 196 g/mol. The van der Waals surface area contributed by atoms with Gasteiger partial charge >= 0.3 is 0 Å². The van der Waals surface area contributed by atoms with Gasteiger partial charge in [0.15, 0.2) is 0 Å². The highest BCUT2D eigenvalue weighted by atomic mass is 14.9. The molecule has 0 aromatic rings. The molecule has 0 aliphatic carbocycles. The summed E-state index contributed by atoms with van der Waals surface area (Å²) in [4.78, 5) is 0. The molecule has 0 aromatic carbocycles. The summed E-state index contributed by atoms with van der Waals surface area (Å²) in [5.74, 6) is 0. The lowest BCUT2D eigenvalue weighted by molar-refractivity contribution is 0.637. The Balaban J connectivity index is 3.53. The zero-order chi connectivity index (χ0) is 10.8. The predicted octanol–water partition coefficient (Wildman–Crippen LogP) is 2.57. The Labute approximate surface area is 88.3 Å². The molecule has 0 bridgehead atoms. The fourth-order valence-corrected chi connectivity index (χ4v) is 1.32. The molecule has 14 heavy (non-hydrogen) atoms. The molecule has 1 unspecified atom stereocenters. The summed E-state index contributed by atoms with van der Waals surface area (Å²) in [5.41, 5.74) is 6.33. The van der Waals surface area contributed by atoms with Crippen LogP contribution >= 0.6 is 0 Å². The third-order valence-electron chi connectivity index (χ3n) is 2.31. The van der Waals surface area contributed by atoms with Crippen molar-refractivity contribution in [2.75, 3.05) is 7.05 Å². The Morgan fingerprint density at radius 2 is 2.14 bits per heavy atom. The maximum absolute atomic E-state index is 5.62. The molecular weight excluding hydrogens is 172 g/mol. The molecule has 0 rings (SSSR count). The minimum absolute atomic E-state index is 0.220. The zero-order valence-electron chi connectivity index (χ0n) is 9.55. The Kier molecular flexibility index (Phi) is 8.34. The van der Waals surface area contributed by atoms with E-state index in [1.165, 1.54) is 25.7 Å². The molecule has 2 heteroatoms. The first kappa shape index (κ1) is 13.2. The Morgan fingerprint density at radius 3 is 2.64 bits per heavy atom. The molecule has 0 fully saturated rings. The van der Waals surface area contributed by atoms with E-state index in [4.69, 9.17) is 5.73 Å². The second-order valence-corrected chi connectivity index (χ2v) is 3.62. The molecule has 2 nitrogen and oxygen atoms in total. The lowest BCUT2D eigenvalue weighted by Gasteiger charge is -2.12. The number of hydrogen-bond acceptors (Lipinski definition) is 2. The van der Waals surface area contributed by atoms with Crippen LogP contribution in [0.2, 0.25) is 0 Å². The van der Waals surface area contributed by atoms with Gasteiger partial charge in [0.1, 0.15) is 0 Å². The molecule has 0 saturated carbocycles. The number of unbranched alkanes of at least 4 members (excludes halogenated alkanes) is 3. The van der Waals surface area contributed by atoms with Gasteiger partial charge in [0, 0.05) is 11.7 Å². The highest BCUT2D eigenvalue weighted by molar-refractivity contribution is 5.03. The first-order valence-electron chi connectivity index (χ1n) is 5.48. The lowest BCUT2D eigenvalue weighted by Crippen LogP contribution is -2.29. The Morgan fingerprint density at radius 1 is 1.43 bits per heavy atom. The van der Waals surface area contributed by atoms with Crippen LogP contribution in [0.1, 0.15) is 39.0 Å². The Bertz CT molecular complexity index is 173. The van der Waals surface area contributed by atoms with E-state index in [0.717, 1.165) is 6.42 Å². The van der Waals surface area contributed by atoms with Crippen molar-refractivity contribution in [2.24, 2.45) is 5.73 Å². The van der Waals surface area contributed by atoms with Crippen molar-refractivity contribution in [3.8, 4) is 0 Å². The molecule has 0 spiro atoms. The van der Waals surface area contributed by atoms with E-state index >= 15 is 0 Å². The molecule has 0 aliphatic heterocycles. The molecule has 82 valence electrons. The van der Waals surface area contributed by atoms with Crippen LogP contribution in [0.3, 0.4) is 0 Å². The second-order valence-electron chi connectivity index (χ2n) is 3.62. The fraction of sp³-hybridized carbons (Fsp3) is 0.667. The van der Waals surface area contributed by atoms with Crippen LogP contribution in [0, 0.1) is 0 Å². The average Bonchev–Trinajstić information content (AvgIpc) is 2.16. The molecule has 3 N–H and O–H groups in total. The van der Waals surface area contributed by atoms with E-state index in [1.54, 1.807) is 0 Å². The summed E-state index contributed by atoms with van der Waals surface area (Å²) in [6.45, 7) is 5.96. The van der Waals surface area contributed by atoms with Gasteiger partial charge in [0.25, 0.3) is 0 Å². The second kappa shape index (κ2) is 8.82. The Hall–Kier alpha value is -0.760. The van der Waals surface area contributed by atoms with Gasteiger partial charge in [0.05, 0.1) is 0 Å². The van der Waals surface area contributed by atoms with Gasteiger partial charge in [-0.2, -0.15) is 0 Å². The van der Waals surface area contributed by atoms with Crippen LogP contribution in [0.15, 0.2) is 24.4 Å². The molecule has 1 atom stereocenters. The molecule has 0 aromatic heterocycles. The standard InChI is InChI=1S/C12H24N2/c1-4-5-6-7-8-9-10-12(14-3)11(2)13/h8-9,12,14H,2,4-7,10,13H2,1,3H3/b9-8-. The number of allylic oxidation sites excluding steroid dienone is 1. The van der Waals surface area contributed by atoms with E-state index in [2.05, 4.69) is 31.0 Å². The smallest absolute Gasteiger partial charge is 0.0493 e. The number of rotatable bonds is 8. The summed E-state index contributed by atoms with van der Waals surface area (Å²) in [5, 5.41) is 3.13. The highest BCUT2D eigenvalue weighted by Gasteiger charge is 2.02. The summed E-state index contributed by atoms with van der Waals surface area (Å²) >= 11 is 0.